The van der Waals surface area contributed by atoms with Crippen molar-refractivity contribution in [1.82, 2.24) is 14.6 Å². The van der Waals surface area contributed by atoms with E-state index in [0.717, 1.165) is 18.8 Å². The molecule has 0 aliphatic rings. The van der Waals surface area contributed by atoms with E-state index in [4.69, 9.17) is 4.74 Å². The summed E-state index contributed by atoms with van der Waals surface area (Å²) in [4.78, 5) is 0.306. The number of rotatable bonds is 10. The van der Waals surface area contributed by atoms with Crippen LogP contribution in [0.5, 0.6) is 0 Å². The molecule has 0 aliphatic heterocycles. The molecule has 21 heavy (non-hydrogen) atoms. The lowest BCUT2D eigenvalue weighted by atomic mass is 10.4. The van der Waals surface area contributed by atoms with Gasteiger partial charge in [0.1, 0.15) is 0 Å². The fourth-order valence-electron chi connectivity index (χ4n) is 2.02. The molecule has 1 unspecified atom stereocenters. The number of nitrogens with zero attached hydrogens (tertiary/aromatic N) is 1. The Morgan fingerprint density at radius 3 is 2.62 bits per heavy atom. The van der Waals surface area contributed by atoms with E-state index in [1.54, 1.807) is 12.3 Å². The third kappa shape index (κ3) is 5.43. The highest BCUT2D eigenvalue weighted by atomic mass is 32.2. The summed E-state index contributed by atoms with van der Waals surface area (Å²) in [5.74, 6) is 0. The lowest BCUT2D eigenvalue weighted by Gasteiger charge is -2.12. The Labute approximate surface area is 127 Å². The Balaban J connectivity index is 2.80. The molecule has 2 N–H and O–H groups in total. The Morgan fingerprint density at radius 2 is 2.05 bits per heavy atom. The first kappa shape index (κ1) is 18.2. The molecule has 0 radical (unpaired) electrons. The molecule has 0 bridgehead atoms. The van der Waals surface area contributed by atoms with Crippen LogP contribution in [0.3, 0.4) is 0 Å². The molecule has 0 spiro atoms. The summed E-state index contributed by atoms with van der Waals surface area (Å²) in [6.07, 6.45) is 1.54. The van der Waals surface area contributed by atoms with Crippen molar-refractivity contribution >= 4 is 10.0 Å². The van der Waals surface area contributed by atoms with Gasteiger partial charge in [-0.2, -0.15) is 0 Å². The van der Waals surface area contributed by atoms with E-state index in [-0.39, 0.29) is 12.6 Å². The summed E-state index contributed by atoms with van der Waals surface area (Å²) >= 11 is 0. The summed E-state index contributed by atoms with van der Waals surface area (Å²) in [5, 5.41) is 3.21. The minimum Gasteiger partial charge on any atom is -0.377 e. The highest BCUT2D eigenvalue weighted by Crippen LogP contribution is 2.14. The fourth-order valence-corrected chi connectivity index (χ4v) is 3.20. The standard InChI is InChI=1S/C14H27N3O3S/c1-5-15-10-13-8-14(11-17(13)6-2)21(18,19)16-9-12(4)20-7-3/h8,11-12,15-16H,5-7,9-10H2,1-4H3. The van der Waals surface area contributed by atoms with E-state index >= 15 is 0 Å². The summed E-state index contributed by atoms with van der Waals surface area (Å²) in [6.45, 7) is 10.9. The zero-order chi connectivity index (χ0) is 15.9. The molecule has 1 aromatic rings. The third-order valence-electron chi connectivity index (χ3n) is 3.18. The van der Waals surface area contributed by atoms with Crippen LogP contribution in [-0.2, 0) is 27.8 Å². The summed E-state index contributed by atoms with van der Waals surface area (Å²) in [7, 11) is -3.49. The second kappa shape index (κ2) is 8.53. The predicted molar refractivity (Wildman–Crippen MR) is 83.8 cm³/mol. The Hall–Kier alpha value is -0.890. The second-order valence-electron chi connectivity index (χ2n) is 4.85. The van der Waals surface area contributed by atoms with Crippen LogP contribution >= 0.6 is 0 Å². The van der Waals surface area contributed by atoms with Gasteiger partial charge in [-0.3, -0.25) is 0 Å². The van der Waals surface area contributed by atoms with Gasteiger partial charge >= 0.3 is 0 Å². The van der Waals surface area contributed by atoms with E-state index < -0.39 is 10.0 Å². The maximum Gasteiger partial charge on any atom is 0.242 e. The molecule has 122 valence electrons. The molecular weight excluding hydrogens is 290 g/mol. The van der Waals surface area contributed by atoms with Crippen LogP contribution in [-0.4, -0.2) is 38.8 Å². The predicted octanol–water partition coefficient (Wildman–Crippen LogP) is 1.32. The molecule has 1 heterocycles. The van der Waals surface area contributed by atoms with Crippen molar-refractivity contribution in [3.63, 3.8) is 0 Å². The fraction of sp³-hybridized carbons (Fsp3) is 0.714. The monoisotopic (exact) mass is 317 g/mol. The molecule has 0 amide bonds. The van der Waals surface area contributed by atoms with Gasteiger partial charge in [0.15, 0.2) is 0 Å². The normalized spacial score (nSPS) is 13.5. The average Bonchev–Trinajstić information content (AvgIpc) is 2.87. The van der Waals surface area contributed by atoms with Crippen LogP contribution in [0.25, 0.3) is 0 Å². The topological polar surface area (TPSA) is 72.4 Å². The molecule has 1 rings (SSSR count). The summed E-state index contributed by atoms with van der Waals surface area (Å²) in [5.41, 5.74) is 0.970. The molecule has 0 saturated carbocycles. The van der Waals surface area contributed by atoms with Crippen LogP contribution in [0.4, 0.5) is 0 Å². The summed E-state index contributed by atoms with van der Waals surface area (Å²) < 4.78 is 34.5. The van der Waals surface area contributed by atoms with Gasteiger partial charge in [-0.25, -0.2) is 13.1 Å². The minimum absolute atomic E-state index is 0.140. The number of aryl methyl sites for hydroxylation is 1. The molecule has 7 heteroatoms. The Morgan fingerprint density at radius 1 is 1.33 bits per heavy atom. The molecular formula is C14H27N3O3S. The maximum absolute atomic E-state index is 12.3. The number of ether oxygens (including phenoxy) is 1. The van der Waals surface area contributed by atoms with Crippen molar-refractivity contribution in [2.75, 3.05) is 19.7 Å². The van der Waals surface area contributed by atoms with Gasteiger partial charge in [-0.15, -0.1) is 0 Å². The number of nitrogens with one attached hydrogen (secondary N) is 2. The molecule has 6 nitrogen and oxygen atoms in total. The third-order valence-corrected chi connectivity index (χ3v) is 4.57. The highest BCUT2D eigenvalue weighted by molar-refractivity contribution is 7.89. The second-order valence-corrected chi connectivity index (χ2v) is 6.62. The molecule has 0 fully saturated rings. The largest absolute Gasteiger partial charge is 0.377 e. The average molecular weight is 317 g/mol. The van der Waals surface area contributed by atoms with Crippen molar-refractivity contribution in [1.29, 1.82) is 0 Å². The number of hydrogen-bond acceptors (Lipinski definition) is 4. The minimum atomic E-state index is -3.49. The van der Waals surface area contributed by atoms with Crippen molar-refractivity contribution in [2.45, 2.75) is 51.8 Å². The van der Waals surface area contributed by atoms with E-state index in [2.05, 4.69) is 10.0 Å². The zero-order valence-electron chi connectivity index (χ0n) is 13.3. The Kier molecular flexibility index (Phi) is 7.37. The van der Waals surface area contributed by atoms with Crippen LogP contribution < -0.4 is 10.0 Å². The van der Waals surface area contributed by atoms with Crippen LogP contribution in [0.2, 0.25) is 0 Å². The van der Waals surface area contributed by atoms with Gasteiger partial charge in [0.2, 0.25) is 10.0 Å². The maximum atomic E-state index is 12.3. The zero-order valence-corrected chi connectivity index (χ0v) is 14.2. The van der Waals surface area contributed by atoms with Crippen molar-refractivity contribution < 1.29 is 13.2 Å². The van der Waals surface area contributed by atoms with Gasteiger partial charge in [-0.05, 0) is 33.4 Å². The van der Waals surface area contributed by atoms with Gasteiger partial charge in [0.25, 0.3) is 0 Å². The first-order chi connectivity index (χ1) is 9.94. The van der Waals surface area contributed by atoms with E-state index in [0.29, 0.717) is 18.0 Å². The highest BCUT2D eigenvalue weighted by Gasteiger charge is 2.18. The van der Waals surface area contributed by atoms with Crippen LogP contribution in [0.15, 0.2) is 17.2 Å². The van der Waals surface area contributed by atoms with Crippen molar-refractivity contribution in [3.05, 3.63) is 18.0 Å². The Bertz CT molecular complexity index is 526. The molecule has 0 aromatic carbocycles. The van der Waals surface area contributed by atoms with Crippen LogP contribution in [0, 0.1) is 0 Å². The van der Waals surface area contributed by atoms with Gasteiger partial charge in [0, 0.05) is 38.1 Å². The van der Waals surface area contributed by atoms with E-state index in [1.807, 2.05) is 32.3 Å². The molecule has 1 aromatic heterocycles. The van der Waals surface area contributed by atoms with Gasteiger partial charge < -0.3 is 14.6 Å². The smallest absolute Gasteiger partial charge is 0.242 e. The lowest BCUT2D eigenvalue weighted by Crippen LogP contribution is -2.32. The van der Waals surface area contributed by atoms with Crippen molar-refractivity contribution in [3.8, 4) is 0 Å². The number of hydrogen-bond donors (Lipinski definition) is 2. The van der Waals surface area contributed by atoms with Gasteiger partial charge in [0.05, 0.1) is 11.0 Å². The SMILES string of the molecule is CCNCc1cc(S(=O)(=O)NCC(C)OCC)cn1CC. The number of aromatic nitrogens is 1. The molecule has 0 saturated heterocycles. The first-order valence-electron chi connectivity index (χ1n) is 7.45. The first-order valence-corrected chi connectivity index (χ1v) is 8.93. The number of sulfonamides is 1. The molecule has 0 aliphatic carbocycles. The summed E-state index contributed by atoms with van der Waals surface area (Å²) in [6, 6.07) is 1.72. The van der Waals surface area contributed by atoms with E-state index in [1.165, 1.54) is 0 Å². The lowest BCUT2D eigenvalue weighted by molar-refractivity contribution is 0.0799. The van der Waals surface area contributed by atoms with Crippen molar-refractivity contribution in [2.24, 2.45) is 0 Å². The van der Waals surface area contributed by atoms with Gasteiger partial charge in [-0.1, -0.05) is 6.92 Å². The molecule has 1 atom stereocenters. The van der Waals surface area contributed by atoms with Crippen LogP contribution in [0.1, 0.15) is 33.4 Å². The van der Waals surface area contributed by atoms with E-state index in [9.17, 15) is 8.42 Å². The quantitative estimate of drug-likeness (QED) is 0.683.